The number of aromatic nitrogens is 1. The molecule has 0 unspecified atom stereocenters. The molecule has 0 spiro atoms. The Balaban J connectivity index is 1.18. The highest BCUT2D eigenvalue weighted by atomic mass is 16.2. The van der Waals surface area contributed by atoms with Crippen LogP contribution in [0.2, 0.25) is 0 Å². The number of amides is 3. The first-order valence-electron chi connectivity index (χ1n) is 12.4. The van der Waals surface area contributed by atoms with Gasteiger partial charge in [-0.05, 0) is 54.0 Å². The average Bonchev–Trinajstić information content (AvgIpc) is 2.92. The Hall–Kier alpha value is -4.00. The third-order valence-electron chi connectivity index (χ3n) is 6.56. The van der Waals surface area contributed by atoms with Crippen molar-refractivity contribution in [3.63, 3.8) is 0 Å². The van der Waals surface area contributed by atoms with Crippen molar-refractivity contribution in [2.75, 3.05) is 6.54 Å². The summed E-state index contributed by atoms with van der Waals surface area (Å²) >= 11 is 0. The number of carbonyl (C=O) groups is 3. The zero-order chi connectivity index (χ0) is 25.2. The van der Waals surface area contributed by atoms with E-state index in [4.69, 9.17) is 0 Å². The van der Waals surface area contributed by atoms with Crippen molar-refractivity contribution in [2.45, 2.75) is 44.7 Å². The van der Waals surface area contributed by atoms with Crippen molar-refractivity contribution >= 4 is 17.7 Å². The molecule has 1 aliphatic carbocycles. The fourth-order valence-corrected chi connectivity index (χ4v) is 4.60. The molecule has 1 aromatic heterocycles. The van der Waals surface area contributed by atoms with E-state index in [1.807, 2.05) is 66.7 Å². The minimum atomic E-state index is -0.215. The molecule has 0 bridgehead atoms. The summed E-state index contributed by atoms with van der Waals surface area (Å²) in [6, 6.07) is 21.4. The van der Waals surface area contributed by atoms with E-state index >= 15 is 0 Å². The number of nitrogens with zero attached hydrogens (tertiary/aromatic N) is 1. The van der Waals surface area contributed by atoms with Crippen LogP contribution in [0.15, 0.2) is 79.1 Å². The maximum atomic E-state index is 12.7. The molecule has 0 atom stereocenters. The van der Waals surface area contributed by atoms with Gasteiger partial charge in [0, 0.05) is 37.3 Å². The lowest BCUT2D eigenvalue weighted by molar-refractivity contribution is -0.128. The van der Waals surface area contributed by atoms with Crippen molar-refractivity contribution in [2.24, 2.45) is 5.92 Å². The van der Waals surface area contributed by atoms with Crippen LogP contribution in [0.3, 0.4) is 0 Å². The third kappa shape index (κ3) is 7.25. The zero-order valence-corrected chi connectivity index (χ0v) is 20.3. The van der Waals surface area contributed by atoms with Crippen LogP contribution >= 0.6 is 0 Å². The van der Waals surface area contributed by atoms with Gasteiger partial charge in [-0.3, -0.25) is 14.6 Å². The second-order valence-corrected chi connectivity index (χ2v) is 9.19. The van der Waals surface area contributed by atoms with Crippen molar-refractivity contribution in [3.8, 4) is 11.1 Å². The van der Waals surface area contributed by atoms with Crippen LogP contribution in [0, 0.1) is 5.92 Å². The van der Waals surface area contributed by atoms with Gasteiger partial charge in [-0.25, -0.2) is 4.79 Å². The second-order valence-electron chi connectivity index (χ2n) is 9.19. The molecule has 0 saturated heterocycles. The number of benzene rings is 2. The Morgan fingerprint density at radius 2 is 1.58 bits per heavy atom. The Bertz CT molecular complexity index is 1160. The summed E-state index contributed by atoms with van der Waals surface area (Å²) in [6.07, 6.45) is 6.52. The van der Waals surface area contributed by atoms with Crippen molar-refractivity contribution in [1.29, 1.82) is 0 Å². The zero-order valence-electron chi connectivity index (χ0n) is 20.3. The standard InChI is InChI=1S/C29H32N4O3/c34-26(17-24-10-4-5-11-27(24)22-8-2-1-3-9-22)20-31-28(35)23-12-14-25(15-13-23)33-29(36)32-19-21-7-6-16-30-18-21/h1-11,16,18,23,25H,12-15,17,19-20H2,(H,31,35)(H2,32,33,36). The quantitative estimate of drug-likeness (QED) is 0.427. The van der Waals surface area contributed by atoms with Gasteiger partial charge in [-0.15, -0.1) is 0 Å². The van der Waals surface area contributed by atoms with Crippen LogP contribution in [0.25, 0.3) is 11.1 Å². The van der Waals surface area contributed by atoms with Gasteiger partial charge in [0.2, 0.25) is 5.91 Å². The lowest BCUT2D eigenvalue weighted by atomic mass is 9.85. The Kier molecular flexibility index (Phi) is 8.81. The van der Waals surface area contributed by atoms with Crippen molar-refractivity contribution in [1.82, 2.24) is 20.9 Å². The van der Waals surface area contributed by atoms with Gasteiger partial charge in [-0.1, -0.05) is 60.7 Å². The number of Topliss-reactive ketones (excluding diaryl/α,β-unsaturated/α-hetero) is 1. The van der Waals surface area contributed by atoms with Crippen LogP contribution in [0.1, 0.15) is 36.8 Å². The van der Waals surface area contributed by atoms with Gasteiger partial charge in [0.1, 0.15) is 0 Å². The molecule has 3 N–H and O–H groups in total. The monoisotopic (exact) mass is 484 g/mol. The van der Waals surface area contributed by atoms with Gasteiger partial charge < -0.3 is 16.0 Å². The summed E-state index contributed by atoms with van der Waals surface area (Å²) in [4.78, 5) is 41.5. The second kappa shape index (κ2) is 12.6. The highest BCUT2D eigenvalue weighted by Gasteiger charge is 2.27. The highest BCUT2D eigenvalue weighted by molar-refractivity contribution is 5.89. The molecule has 186 valence electrons. The number of hydrogen-bond donors (Lipinski definition) is 3. The van der Waals surface area contributed by atoms with Gasteiger partial charge in [0.25, 0.3) is 0 Å². The smallest absolute Gasteiger partial charge is 0.315 e. The maximum Gasteiger partial charge on any atom is 0.315 e. The Labute approximate surface area is 211 Å². The van der Waals surface area contributed by atoms with E-state index in [9.17, 15) is 14.4 Å². The molecule has 4 rings (SSSR count). The van der Waals surface area contributed by atoms with Crippen molar-refractivity contribution < 1.29 is 14.4 Å². The molecule has 1 saturated carbocycles. The summed E-state index contributed by atoms with van der Waals surface area (Å²) in [7, 11) is 0. The van der Waals surface area contributed by atoms with Gasteiger partial charge >= 0.3 is 6.03 Å². The Morgan fingerprint density at radius 1 is 0.833 bits per heavy atom. The predicted molar refractivity (Wildman–Crippen MR) is 139 cm³/mol. The molecule has 1 heterocycles. The number of ketones is 1. The normalized spacial score (nSPS) is 17.1. The predicted octanol–water partition coefficient (Wildman–Crippen LogP) is 4.03. The minimum Gasteiger partial charge on any atom is -0.349 e. The lowest BCUT2D eigenvalue weighted by Crippen LogP contribution is -2.45. The molecule has 3 amide bonds. The largest absolute Gasteiger partial charge is 0.349 e. The van der Waals surface area contributed by atoms with Crippen LogP contribution < -0.4 is 16.0 Å². The molecule has 1 aliphatic rings. The van der Waals surface area contributed by atoms with E-state index in [2.05, 4.69) is 20.9 Å². The van der Waals surface area contributed by atoms with Crippen LogP contribution in [0.5, 0.6) is 0 Å². The van der Waals surface area contributed by atoms with E-state index in [-0.39, 0.29) is 42.6 Å². The molecule has 1 fully saturated rings. The molecular formula is C29H32N4O3. The van der Waals surface area contributed by atoms with Crippen LogP contribution in [0.4, 0.5) is 4.79 Å². The molecular weight excluding hydrogens is 452 g/mol. The van der Waals surface area contributed by atoms with E-state index in [1.165, 1.54) is 0 Å². The molecule has 0 aliphatic heterocycles. The van der Waals surface area contributed by atoms with Gasteiger partial charge in [0.15, 0.2) is 5.78 Å². The molecule has 2 aromatic carbocycles. The highest BCUT2D eigenvalue weighted by Crippen LogP contribution is 2.25. The fraction of sp³-hybridized carbons (Fsp3) is 0.310. The lowest BCUT2D eigenvalue weighted by Gasteiger charge is -2.28. The molecule has 0 radical (unpaired) electrons. The first kappa shape index (κ1) is 25.1. The van der Waals surface area contributed by atoms with E-state index < -0.39 is 0 Å². The Morgan fingerprint density at radius 3 is 2.33 bits per heavy atom. The molecule has 36 heavy (non-hydrogen) atoms. The number of nitrogens with one attached hydrogen (secondary N) is 3. The number of pyridine rings is 1. The number of hydrogen-bond acceptors (Lipinski definition) is 4. The maximum absolute atomic E-state index is 12.7. The van der Waals surface area contributed by atoms with E-state index in [0.717, 1.165) is 35.1 Å². The molecule has 7 nitrogen and oxygen atoms in total. The van der Waals surface area contributed by atoms with Gasteiger partial charge in [-0.2, -0.15) is 0 Å². The van der Waals surface area contributed by atoms with E-state index in [1.54, 1.807) is 12.4 Å². The summed E-state index contributed by atoms with van der Waals surface area (Å²) in [5.74, 6) is -0.238. The topological polar surface area (TPSA) is 100 Å². The number of carbonyl (C=O) groups excluding carboxylic acids is 3. The first-order chi connectivity index (χ1) is 17.6. The minimum absolute atomic E-state index is 0.0210. The van der Waals surface area contributed by atoms with Crippen molar-refractivity contribution in [3.05, 3.63) is 90.3 Å². The number of urea groups is 1. The summed E-state index contributed by atoms with van der Waals surface area (Å²) in [5.41, 5.74) is 4.00. The first-order valence-corrected chi connectivity index (χ1v) is 12.4. The fourth-order valence-electron chi connectivity index (χ4n) is 4.60. The molecule has 3 aromatic rings. The molecule has 7 heteroatoms. The summed E-state index contributed by atoms with van der Waals surface area (Å²) in [6.45, 7) is 0.443. The third-order valence-corrected chi connectivity index (χ3v) is 6.56. The van der Waals surface area contributed by atoms with Crippen LogP contribution in [-0.2, 0) is 22.6 Å². The average molecular weight is 485 g/mol. The van der Waals surface area contributed by atoms with E-state index in [0.29, 0.717) is 19.4 Å². The summed E-state index contributed by atoms with van der Waals surface area (Å²) < 4.78 is 0. The number of rotatable bonds is 9. The summed E-state index contributed by atoms with van der Waals surface area (Å²) in [5, 5.41) is 8.66. The van der Waals surface area contributed by atoms with Gasteiger partial charge in [0.05, 0.1) is 6.54 Å². The SMILES string of the molecule is O=C(CNC(=O)C1CCC(NC(=O)NCc2cccnc2)CC1)Cc1ccccc1-c1ccccc1. The van der Waals surface area contributed by atoms with Crippen LogP contribution in [-0.4, -0.2) is 35.3 Å².